The number of amides is 2. The van der Waals surface area contributed by atoms with Gasteiger partial charge in [-0.2, -0.15) is 0 Å². The summed E-state index contributed by atoms with van der Waals surface area (Å²) < 4.78 is 0. The number of carboxylic acid groups (broad SMARTS) is 1. The Bertz CT molecular complexity index is 303. The van der Waals surface area contributed by atoms with Crippen LogP contribution in [-0.4, -0.2) is 58.9 Å². The van der Waals surface area contributed by atoms with E-state index in [0.717, 1.165) is 0 Å². The molecule has 1 aliphatic heterocycles. The van der Waals surface area contributed by atoms with Crippen LogP contribution in [0.15, 0.2) is 0 Å². The van der Waals surface area contributed by atoms with E-state index in [1.165, 1.54) is 9.80 Å². The Morgan fingerprint density at radius 1 is 1.25 bits per heavy atom. The Morgan fingerprint density at radius 2 is 1.81 bits per heavy atom. The normalized spacial score (nSPS) is 16.8. The van der Waals surface area contributed by atoms with Crippen molar-refractivity contribution in [1.29, 1.82) is 0 Å². The second-order valence-corrected chi connectivity index (χ2v) is 3.67. The van der Waals surface area contributed by atoms with Gasteiger partial charge in [-0.3, -0.25) is 14.4 Å². The van der Waals surface area contributed by atoms with Gasteiger partial charge in [-0.25, -0.2) is 0 Å². The Balaban J connectivity index is 2.42. The fourth-order valence-electron chi connectivity index (χ4n) is 1.65. The largest absolute Gasteiger partial charge is 0.481 e. The number of hydrogen-bond donors (Lipinski definition) is 1. The van der Waals surface area contributed by atoms with Crippen LogP contribution in [0.1, 0.15) is 19.8 Å². The van der Waals surface area contributed by atoms with Crippen molar-refractivity contribution < 1.29 is 19.5 Å². The lowest BCUT2D eigenvalue weighted by atomic mass is 10.2. The zero-order chi connectivity index (χ0) is 12.1. The number of carbonyl (C=O) groups is 3. The Kier molecular flexibility index (Phi) is 4.28. The molecule has 2 amide bonds. The number of piperazine rings is 1. The van der Waals surface area contributed by atoms with Crippen molar-refractivity contribution in [3.8, 4) is 0 Å². The predicted octanol–water partition coefficient (Wildman–Crippen LogP) is -0.458. The number of rotatable bonds is 5. The predicted molar refractivity (Wildman–Crippen MR) is 55.7 cm³/mol. The van der Waals surface area contributed by atoms with Crippen LogP contribution in [0.5, 0.6) is 0 Å². The minimum Gasteiger partial charge on any atom is -0.481 e. The van der Waals surface area contributed by atoms with Gasteiger partial charge in [0.1, 0.15) is 0 Å². The zero-order valence-electron chi connectivity index (χ0n) is 9.31. The van der Waals surface area contributed by atoms with Gasteiger partial charge in [0, 0.05) is 32.6 Å². The number of aliphatic carboxylic acids is 1. The average molecular weight is 228 g/mol. The Morgan fingerprint density at radius 3 is 2.38 bits per heavy atom. The van der Waals surface area contributed by atoms with E-state index in [0.29, 0.717) is 32.6 Å². The van der Waals surface area contributed by atoms with Crippen molar-refractivity contribution in [1.82, 2.24) is 9.80 Å². The summed E-state index contributed by atoms with van der Waals surface area (Å²) >= 11 is 0. The molecule has 0 atom stereocenters. The van der Waals surface area contributed by atoms with Crippen molar-refractivity contribution in [3.63, 3.8) is 0 Å². The number of likely N-dealkylation sites (N-methyl/N-ethyl adjacent to an activating group) is 1. The molecule has 0 aromatic heterocycles. The number of hydrogen-bond acceptors (Lipinski definition) is 3. The minimum absolute atomic E-state index is 0.0233. The van der Waals surface area contributed by atoms with Crippen LogP contribution in [-0.2, 0) is 14.4 Å². The van der Waals surface area contributed by atoms with Gasteiger partial charge in [-0.1, -0.05) is 0 Å². The van der Waals surface area contributed by atoms with E-state index in [2.05, 4.69) is 0 Å². The summed E-state index contributed by atoms with van der Waals surface area (Å²) in [6, 6.07) is 0. The SMILES string of the molecule is CCN1CCN(CCCC(=O)O)C(=O)C1=O. The van der Waals surface area contributed by atoms with Gasteiger partial charge in [0.25, 0.3) is 0 Å². The quantitative estimate of drug-likeness (QED) is 0.646. The number of carbonyl (C=O) groups excluding carboxylic acids is 2. The maximum atomic E-state index is 11.6. The van der Waals surface area contributed by atoms with Crippen LogP contribution < -0.4 is 0 Å². The van der Waals surface area contributed by atoms with E-state index in [4.69, 9.17) is 5.11 Å². The first-order chi connectivity index (χ1) is 7.56. The molecule has 1 rings (SSSR count). The minimum atomic E-state index is -0.883. The van der Waals surface area contributed by atoms with E-state index in [9.17, 15) is 14.4 Å². The molecule has 0 unspecified atom stereocenters. The molecule has 0 aromatic rings. The summed E-state index contributed by atoms with van der Waals surface area (Å²) in [4.78, 5) is 36.3. The van der Waals surface area contributed by atoms with Gasteiger partial charge in [0.15, 0.2) is 0 Å². The molecule has 16 heavy (non-hydrogen) atoms. The van der Waals surface area contributed by atoms with Crippen LogP contribution in [0.25, 0.3) is 0 Å². The smallest absolute Gasteiger partial charge is 0.312 e. The van der Waals surface area contributed by atoms with Gasteiger partial charge in [0.2, 0.25) is 0 Å². The molecule has 0 saturated carbocycles. The maximum Gasteiger partial charge on any atom is 0.312 e. The molecule has 1 aliphatic rings. The van der Waals surface area contributed by atoms with Gasteiger partial charge < -0.3 is 14.9 Å². The maximum absolute atomic E-state index is 11.6. The van der Waals surface area contributed by atoms with Crippen LogP contribution in [0.2, 0.25) is 0 Å². The third-order valence-electron chi connectivity index (χ3n) is 2.60. The van der Waals surface area contributed by atoms with E-state index in [1.54, 1.807) is 0 Å². The van der Waals surface area contributed by atoms with Crippen molar-refractivity contribution >= 4 is 17.8 Å². The highest BCUT2D eigenvalue weighted by atomic mass is 16.4. The molecular formula is C10H16N2O4. The number of nitrogens with zero attached hydrogens (tertiary/aromatic N) is 2. The van der Waals surface area contributed by atoms with Crippen molar-refractivity contribution in [3.05, 3.63) is 0 Å². The van der Waals surface area contributed by atoms with E-state index in [1.807, 2.05) is 6.92 Å². The number of carboxylic acids is 1. The lowest BCUT2D eigenvalue weighted by Gasteiger charge is -2.32. The topological polar surface area (TPSA) is 77.9 Å². The van der Waals surface area contributed by atoms with Crippen molar-refractivity contribution in [2.24, 2.45) is 0 Å². The summed E-state index contributed by atoms with van der Waals surface area (Å²) in [5.41, 5.74) is 0. The summed E-state index contributed by atoms with van der Waals surface area (Å²) in [5.74, 6) is -1.88. The average Bonchev–Trinajstić information content (AvgIpc) is 2.24. The first-order valence-corrected chi connectivity index (χ1v) is 5.36. The molecular weight excluding hydrogens is 212 g/mol. The molecule has 1 saturated heterocycles. The van der Waals surface area contributed by atoms with E-state index < -0.39 is 17.8 Å². The van der Waals surface area contributed by atoms with Crippen molar-refractivity contribution in [2.45, 2.75) is 19.8 Å². The van der Waals surface area contributed by atoms with Gasteiger partial charge >= 0.3 is 17.8 Å². The highest BCUT2D eigenvalue weighted by molar-refractivity contribution is 6.35. The lowest BCUT2D eigenvalue weighted by molar-refractivity contribution is -0.156. The first-order valence-electron chi connectivity index (χ1n) is 5.36. The summed E-state index contributed by atoms with van der Waals surface area (Å²) in [5, 5.41) is 8.46. The van der Waals surface area contributed by atoms with Crippen LogP contribution in [0.3, 0.4) is 0 Å². The van der Waals surface area contributed by atoms with Crippen LogP contribution in [0.4, 0.5) is 0 Å². The molecule has 1 fully saturated rings. The van der Waals surface area contributed by atoms with Crippen molar-refractivity contribution in [2.75, 3.05) is 26.2 Å². The molecule has 0 spiro atoms. The third kappa shape index (κ3) is 2.95. The summed E-state index contributed by atoms with van der Waals surface area (Å²) in [6.45, 7) is 3.74. The molecule has 6 nitrogen and oxygen atoms in total. The first kappa shape index (κ1) is 12.5. The van der Waals surface area contributed by atoms with Crippen LogP contribution in [0, 0.1) is 0 Å². The molecule has 1 heterocycles. The Labute approximate surface area is 93.8 Å². The van der Waals surface area contributed by atoms with E-state index in [-0.39, 0.29) is 6.42 Å². The summed E-state index contributed by atoms with van der Waals surface area (Å²) in [6.07, 6.45) is 0.413. The fraction of sp³-hybridized carbons (Fsp3) is 0.700. The highest BCUT2D eigenvalue weighted by Crippen LogP contribution is 2.06. The second-order valence-electron chi connectivity index (χ2n) is 3.67. The molecule has 0 bridgehead atoms. The monoisotopic (exact) mass is 228 g/mol. The third-order valence-corrected chi connectivity index (χ3v) is 2.60. The molecule has 1 N–H and O–H groups in total. The van der Waals surface area contributed by atoms with Crippen LogP contribution >= 0.6 is 0 Å². The van der Waals surface area contributed by atoms with Gasteiger partial charge in [-0.05, 0) is 13.3 Å². The van der Waals surface area contributed by atoms with E-state index >= 15 is 0 Å². The van der Waals surface area contributed by atoms with Gasteiger partial charge in [-0.15, -0.1) is 0 Å². The van der Waals surface area contributed by atoms with Gasteiger partial charge in [0.05, 0.1) is 0 Å². The molecule has 6 heteroatoms. The zero-order valence-corrected chi connectivity index (χ0v) is 9.31. The standard InChI is InChI=1S/C10H16N2O4/c1-2-11-6-7-12(10(16)9(11)15)5-3-4-8(13)14/h2-7H2,1H3,(H,13,14). The molecule has 0 radical (unpaired) electrons. The lowest BCUT2D eigenvalue weighted by Crippen LogP contribution is -2.54. The molecule has 90 valence electrons. The Hall–Kier alpha value is -1.59. The second kappa shape index (κ2) is 5.48. The fourth-order valence-corrected chi connectivity index (χ4v) is 1.65. The summed E-state index contributed by atoms with van der Waals surface area (Å²) in [7, 11) is 0. The molecule has 0 aliphatic carbocycles. The molecule has 0 aromatic carbocycles. The highest BCUT2D eigenvalue weighted by Gasteiger charge is 2.30.